The molecule has 1 amide bonds. The Balaban J connectivity index is 0.00000200. The lowest BCUT2D eigenvalue weighted by Crippen LogP contribution is -2.37. The quantitative estimate of drug-likeness (QED) is 0.905. The van der Waals surface area contributed by atoms with Gasteiger partial charge in [-0.2, -0.15) is 0 Å². The minimum atomic E-state index is 0. The normalized spacial score (nSPS) is 17.9. The van der Waals surface area contributed by atoms with Gasteiger partial charge in [0.2, 0.25) is 5.91 Å². The average Bonchev–Trinajstić information content (AvgIpc) is 2.98. The zero-order valence-electron chi connectivity index (χ0n) is 11.9. The van der Waals surface area contributed by atoms with Crippen LogP contribution in [-0.2, 0) is 4.79 Å². The molecule has 1 saturated heterocycles. The van der Waals surface area contributed by atoms with Crippen molar-refractivity contribution >= 4 is 24.4 Å². The molecule has 1 unspecified atom stereocenters. The SMILES string of the molecule is CCN(C/C=C/c1ccccc1)C(=O)C1CCNC1.Cl. The highest BCUT2D eigenvalue weighted by Crippen LogP contribution is 2.12. The Labute approximate surface area is 127 Å². The number of benzene rings is 1. The molecule has 1 N–H and O–H groups in total. The van der Waals surface area contributed by atoms with Crippen molar-refractivity contribution in [2.45, 2.75) is 13.3 Å². The van der Waals surface area contributed by atoms with Gasteiger partial charge in [0.1, 0.15) is 0 Å². The number of rotatable bonds is 5. The summed E-state index contributed by atoms with van der Waals surface area (Å²) in [5.41, 5.74) is 1.17. The number of likely N-dealkylation sites (N-methyl/N-ethyl adjacent to an activating group) is 1. The molecule has 3 nitrogen and oxygen atoms in total. The maximum absolute atomic E-state index is 12.3. The van der Waals surface area contributed by atoms with Gasteiger partial charge in [-0.1, -0.05) is 42.5 Å². The summed E-state index contributed by atoms with van der Waals surface area (Å²) < 4.78 is 0. The molecule has 0 aliphatic carbocycles. The third kappa shape index (κ3) is 4.66. The van der Waals surface area contributed by atoms with E-state index in [4.69, 9.17) is 0 Å². The van der Waals surface area contributed by atoms with Crippen LogP contribution < -0.4 is 5.32 Å². The Bertz CT molecular complexity index is 427. The fraction of sp³-hybridized carbons (Fsp3) is 0.438. The third-order valence-electron chi connectivity index (χ3n) is 3.54. The molecule has 1 aromatic rings. The van der Waals surface area contributed by atoms with E-state index in [-0.39, 0.29) is 24.2 Å². The van der Waals surface area contributed by atoms with Gasteiger partial charge in [-0.3, -0.25) is 4.79 Å². The average molecular weight is 295 g/mol. The van der Waals surface area contributed by atoms with Crippen LogP contribution in [0.4, 0.5) is 0 Å². The van der Waals surface area contributed by atoms with Crippen molar-refractivity contribution in [1.82, 2.24) is 10.2 Å². The number of amides is 1. The predicted molar refractivity (Wildman–Crippen MR) is 86.0 cm³/mol. The number of carbonyl (C=O) groups excluding carboxylic acids is 1. The zero-order valence-corrected chi connectivity index (χ0v) is 12.7. The molecule has 0 spiro atoms. The maximum atomic E-state index is 12.3. The molecular weight excluding hydrogens is 272 g/mol. The highest BCUT2D eigenvalue weighted by molar-refractivity contribution is 5.85. The molecule has 1 fully saturated rings. The van der Waals surface area contributed by atoms with Crippen molar-refractivity contribution in [3.63, 3.8) is 0 Å². The van der Waals surface area contributed by atoms with Gasteiger partial charge in [0.15, 0.2) is 0 Å². The monoisotopic (exact) mass is 294 g/mol. The molecule has 0 bridgehead atoms. The van der Waals surface area contributed by atoms with E-state index < -0.39 is 0 Å². The van der Waals surface area contributed by atoms with Crippen LogP contribution in [0.5, 0.6) is 0 Å². The molecule has 1 aromatic carbocycles. The van der Waals surface area contributed by atoms with Gasteiger partial charge < -0.3 is 10.2 Å². The van der Waals surface area contributed by atoms with Crippen LogP contribution in [0.1, 0.15) is 18.9 Å². The Hall–Kier alpha value is -1.32. The molecule has 0 aromatic heterocycles. The Morgan fingerprint density at radius 1 is 1.40 bits per heavy atom. The van der Waals surface area contributed by atoms with Gasteiger partial charge in [-0.25, -0.2) is 0 Å². The largest absolute Gasteiger partial charge is 0.339 e. The number of nitrogens with one attached hydrogen (secondary N) is 1. The van der Waals surface area contributed by atoms with E-state index in [1.165, 1.54) is 5.56 Å². The molecule has 4 heteroatoms. The molecule has 1 heterocycles. The van der Waals surface area contributed by atoms with Gasteiger partial charge in [0.25, 0.3) is 0 Å². The maximum Gasteiger partial charge on any atom is 0.227 e. The summed E-state index contributed by atoms with van der Waals surface area (Å²) >= 11 is 0. The molecular formula is C16H23ClN2O. The number of nitrogens with zero attached hydrogens (tertiary/aromatic N) is 1. The number of halogens is 1. The number of hydrogen-bond donors (Lipinski definition) is 1. The Morgan fingerprint density at radius 3 is 2.75 bits per heavy atom. The van der Waals surface area contributed by atoms with Crippen molar-refractivity contribution in [2.24, 2.45) is 5.92 Å². The zero-order chi connectivity index (χ0) is 13.5. The minimum absolute atomic E-state index is 0. The lowest BCUT2D eigenvalue weighted by Gasteiger charge is -2.22. The van der Waals surface area contributed by atoms with E-state index in [0.717, 1.165) is 26.1 Å². The molecule has 20 heavy (non-hydrogen) atoms. The fourth-order valence-corrected chi connectivity index (χ4v) is 2.38. The van der Waals surface area contributed by atoms with Crippen LogP contribution in [0, 0.1) is 5.92 Å². The summed E-state index contributed by atoms with van der Waals surface area (Å²) in [7, 11) is 0. The van der Waals surface area contributed by atoms with Gasteiger partial charge >= 0.3 is 0 Å². The van der Waals surface area contributed by atoms with Crippen molar-refractivity contribution in [3.8, 4) is 0 Å². The molecule has 0 saturated carbocycles. The highest BCUT2D eigenvalue weighted by Gasteiger charge is 2.25. The molecule has 1 aliphatic rings. The molecule has 1 aliphatic heterocycles. The van der Waals surface area contributed by atoms with Crippen LogP contribution in [0.15, 0.2) is 36.4 Å². The summed E-state index contributed by atoms with van der Waals surface area (Å²) in [5.74, 6) is 0.454. The summed E-state index contributed by atoms with van der Waals surface area (Å²) in [5, 5.41) is 3.25. The number of hydrogen-bond acceptors (Lipinski definition) is 2. The van der Waals surface area contributed by atoms with Gasteiger partial charge in [-0.05, 0) is 25.5 Å². The second-order valence-corrected chi connectivity index (χ2v) is 4.88. The van der Waals surface area contributed by atoms with Crippen molar-refractivity contribution in [2.75, 3.05) is 26.2 Å². The number of carbonyl (C=O) groups is 1. The second-order valence-electron chi connectivity index (χ2n) is 4.88. The van der Waals surface area contributed by atoms with Crippen LogP contribution in [0.2, 0.25) is 0 Å². The van der Waals surface area contributed by atoms with E-state index in [0.29, 0.717) is 6.54 Å². The Morgan fingerprint density at radius 2 is 2.15 bits per heavy atom. The van der Waals surface area contributed by atoms with Gasteiger partial charge in [0, 0.05) is 19.6 Å². The minimum Gasteiger partial charge on any atom is -0.339 e. The van der Waals surface area contributed by atoms with E-state index >= 15 is 0 Å². The van der Waals surface area contributed by atoms with E-state index in [2.05, 4.69) is 29.6 Å². The lowest BCUT2D eigenvalue weighted by atomic mass is 10.1. The summed E-state index contributed by atoms with van der Waals surface area (Å²) in [6, 6.07) is 10.2. The van der Waals surface area contributed by atoms with Crippen molar-refractivity contribution in [3.05, 3.63) is 42.0 Å². The van der Waals surface area contributed by atoms with E-state index in [9.17, 15) is 4.79 Å². The molecule has 2 rings (SSSR count). The summed E-state index contributed by atoms with van der Waals surface area (Å²) in [6.07, 6.45) is 5.11. The van der Waals surface area contributed by atoms with Gasteiger partial charge in [0.05, 0.1) is 5.92 Å². The molecule has 1 atom stereocenters. The summed E-state index contributed by atoms with van der Waals surface area (Å²) in [4.78, 5) is 14.2. The lowest BCUT2D eigenvalue weighted by molar-refractivity contribution is -0.134. The van der Waals surface area contributed by atoms with E-state index in [1.54, 1.807) is 0 Å². The smallest absolute Gasteiger partial charge is 0.227 e. The first-order chi connectivity index (χ1) is 9.31. The van der Waals surface area contributed by atoms with Crippen LogP contribution in [0.25, 0.3) is 6.08 Å². The topological polar surface area (TPSA) is 32.3 Å². The fourth-order valence-electron chi connectivity index (χ4n) is 2.38. The van der Waals surface area contributed by atoms with E-state index in [1.807, 2.05) is 30.0 Å². The molecule has 0 radical (unpaired) electrons. The van der Waals surface area contributed by atoms with Crippen molar-refractivity contribution in [1.29, 1.82) is 0 Å². The third-order valence-corrected chi connectivity index (χ3v) is 3.54. The Kier molecular flexibility index (Phi) is 7.34. The van der Waals surface area contributed by atoms with Crippen LogP contribution in [-0.4, -0.2) is 37.0 Å². The second kappa shape index (κ2) is 8.77. The molecule has 110 valence electrons. The first kappa shape index (κ1) is 16.7. The standard InChI is InChI=1S/C16H22N2O.ClH/c1-2-18(16(19)15-10-11-17-13-15)12-6-9-14-7-4-3-5-8-14;/h3-9,15,17H,2,10-13H2,1H3;1H/b9-6+;. The summed E-state index contributed by atoms with van der Waals surface area (Å²) in [6.45, 7) is 5.30. The van der Waals surface area contributed by atoms with Crippen molar-refractivity contribution < 1.29 is 4.79 Å². The van der Waals surface area contributed by atoms with Crippen LogP contribution >= 0.6 is 12.4 Å². The van der Waals surface area contributed by atoms with Gasteiger partial charge in [-0.15, -0.1) is 12.4 Å². The predicted octanol–water partition coefficient (Wildman–Crippen LogP) is 2.58. The van der Waals surface area contributed by atoms with Crippen LogP contribution in [0.3, 0.4) is 0 Å². The first-order valence-electron chi connectivity index (χ1n) is 7.02. The highest BCUT2D eigenvalue weighted by atomic mass is 35.5. The first-order valence-corrected chi connectivity index (χ1v) is 7.02.